The number of nitrogens with zero attached hydrogens (tertiary/aromatic N) is 1. The molecule has 2 aromatic carbocycles. The molecular weight excluding hydrogens is 418 g/mol. The number of thioether (sulfide) groups is 1. The summed E-state index contributed by atoms with van der Waals surface area (Å²) in [7, 11) is 1.86. The summed E-state index contributed by atoms with van der Waals surface area (Å²) < 4.78 is 26.7. The van der Waals surface area contributed by atoms with Crippen LogP contribution in [0.15, 0.2) is 47.4 Å². The first-order chi connectivity index (χ1) is 14.9. The van der Waals surface area contributed by atoms with E-state index in [-0.39, 0.29) is 17.6 Å². The molecule has 31 heavy (non-hydrogen) atoms. The van der Waals surface area contributed by atoms with E-state index in [2.05, 4.69) is 5.32 Å². The number of carbonyl (C=O) groups is 2. The predicted molar refractivity (Wildman–Crippen MR) is 119 cm³/mol. The standard InChI is InChI=1S/C24H28F2N2O2S/c1-16(17-12-13-20(25)21(26)14-17)27-24(30)19-10-6-7-11-22(19)31-15-23(29)28(2)18-8-4-3-5-9-18/h6-7,10-14,16,18H,3-5,8-9,15H2,1-2H3,(H,27,30). The second-order valence-electron chi connectivity index (χ2n) is 7.95. The summed E-state index contributed by atoms with van der Waals surface area (Å²) in [5.74, 6) is -1.88. The van der Waals surface area contributed by atoms with E-state index in [1.807, 2.05) is 24.1 Å². The van der Waals surface area contributed by atoms with Crippen molar-refractivity contribution in [1.82, 2.24) is 10.2 Å². The molecule has 2 amide bonds. The third-order valence-corrected chi connectivity index (χ3v) is 6.85. The minimum Gasteiger partial charge on any atom is -0.345 e. The van der Waals surface area contributed by atoms with Gasteiger partial charge in [-0.1, -0.05) is 37.5 Å². The molecule has 0 spiro atoms. The fraction of sp³-hybridized carbons (Fsp3) is 0.417. The lowest BCUT2D eigenvalue weighted by Crippen LogP contribution is -2.39. The molecular formula is C24H28F2N2O2S. The molecule has 1 aliphatic carbocycles. The smallest absolute Gasteiger partial charge is 0.252 e. The van der Waals surface area contributed by atoms with E-state index >= 15 is 0 Å². The Balaban J connectivity index is 1.63. The summed E-state index contributed by atoms with van der Waals surface area (Å²) in [5.41, 5.74) is 0.928. The van der Waals surface area contributed by atoms with Gasteiger partial charge in [0.15, 0.2) is 11.6 Å². The first-order valence-electron chi connectivity index (χ1n) is 10.6. The summed E-state index contributed by atoms with van der Waals surface area (Å²) in [4.78, 5) is 28.1. The van der Waals surface area contributed by atoms with E-state index in [0.717, 1.165) is 37.8 Å². The fourth-order valence-electron chi connectivity index (χ4n) is 3.83. The summed E-state index contributed by atoms with van der Waals surface area (Å²) in [5, 5.41) is 2.82. The molecule has 1 atom stereocenters. The molecule has 0 radical (unpaired) electrons. The quantitative estimate of drug-likeness (QED) is 0.584. The number of benzene rings is 2. The van der Waals surface area contributed by atoms with Crippen LogP contribution in [-0.2, 0) is 4.79 Å². The molecule has 0 saturated heterocycles. The zero-order valence-electron chi connectivity index (χ0n) is 17.9. The number of hydrogen-bond acceptors (Lipinski definition) is 3. The number of rotatable bonds is 7. The van der Waals surface area contributed by atoms with E-state index in [1.54, 1.807) is 19.1 Å². The van der Waals surface area contributed by atoms with Gasteiger partial charge in [0.25, 0.3) is 5.91 Å². The zero-order chi connectivity index (χ0) is 22.4. The van der Waals surface area contributed by atoms with Crippen molar-refractivity contribution < 1.29 is 18.4 Å². The van der Waals surface area contributed by atoms with E-state index in [0.29, 0.717) is 22.1 Å². The fourth-order valence-corrected chi connectivity index (χ4v) is 4.81. The van der Waals surface area contributed by atoms with E-state index < -0.39 is 17.7 Å². The Labute approximate surface area is 186 Å². The van der Waals surface area contributed by atoms with Gasteiger partial charge < -0.3 is 10.2 Å². The Kier molecular flexibility index (Phi) is 8.07. The molecule has 1 saturated carbocycles. The van der Waals surface area contributed by atoms with Crippen molar-refractivity contribution in [1.29, 1.82) is 0 Å². The third kappa shape index (κ3) is 6.06. The van der Waals surface area contributed by atoms with Crippen LogP contribution in [0.1, 0.15) is 61.0 Å². The van der Waals surface area contributed by atoms with Crippen LogP contribution in [-0.4, -0.2) is 35.6 Å². The second kappa shape index (κ2) is 10.8. The van der Waals surface area contributed by atoms with E-state index in [9.17, 15) is 18.4 Å². The minimum atomic E-state index is -0.949. The topological polar surface area (TPSA) is 49.4 Å². The van der Waals surface area contributed by atoms with Gasteiger partial charge >= 0.3 is 0 Å². The largest absolute Gasteiger partial charge is 0.345 e. The zero-order valence-corrected chi connectivity index (χ0v) is 18.7. The van der Waals surface area contributed by atoms with Crippen molar-refractivity contribution in [2.45, 2.75) is 56.0 Å². The predicted octanol–water partition coefficient (Wildman–Crippen LogP) is 5.34. The van der Waals surface area contributed by atoms with E-state index in [1.165, 1.54) is 24.2 Å². The monoisotopic (exact) mass is 446 g/mol. The van der Waals surface area contributed by atoms with E-state index in [4.69, 9.17) is 0 Å². The highest BCUT2D eigenvalue weighted by Crippen LogP contribution is 2.26. The van der Waals surface area contributed by atoms with Crippen molar-refractivity contribution >= 4 is 23.6 Å². The average molecular weight is 447 g/mol. The maximum atomic E-state index is 13.5. The van der Waals surface area contributed by atoms with Crippen molar-refractivity contribution in [2.75, 3.05) is 12.8 Å². The van der Waals surface area contributed by atoms with Gasteiger partial charge in [-0.2, -0.15) is 0 Å². The van der Waals surface area contributed by atoms with Crippen molar-refractivity contribution in [3.05, 3.63) is 65.2 Å². The number of hydrogen-bond donors (Lipinski definition) is 1. The van der Waals surface area contributed by atoms with Crippen molar-refractivity contribution in [3.63, 3.8) is 0 Å². The van der Waals surface area contributed by atoms with Crippen LogP contribution >= 0.6 is 11.8 Å². The van der Waals surface area contributed by atoms with Crippen molar-refractivity contribution in [3.8, 4) is 0 Å². The van der Waals surface area contributed by atoms with Gasteiger partial charge in [0.1, 0.15) is 0 Å². The molecule has 0 heterocycles. The number of carbonyl (C=O) groups excluding carboxylic acids is 2. The Bertz CT molecular complexity index is 932. The maximum absolute atomic E-state index is 13.5. The molecule has 4 nitrogen and oxygen atoms in total. The van der Waals surface area contributed by atoms with Crippen LogP contribution in [0, 0.1) is 11.6 Å². The molecule has 1 unspecified atom stereocenters. The Hall–Kier alpha value is -2.41. The van der Waals surface area contributed by atoms with Crippen LogP contribution in [0.25, 0.3) is 0 Å². The van der Waals surface area contributed by atoms with Gasteiger partial charge in [-0.25, -0.2) is 8.78 Å². The molecule has 1 aliphatic rings. The second-order valence-corrected chi connectivity index (χ2v) is 8.97. The van der Waals surface area contributed by atoms with Crippen LogP contribution in [0.2, 0.25) is 0 Å². The Morgan fingerprint density at radius 2 is 1.81 bits per heavy atom. The summed E-state index contributed by atoms with van der Waals surface area (Å²) in [6.45, 7) is 1.71. The highest BCUT2D eigenvalue weighted by atomic mass is 32.2. The molecule has 3 rings (SSSR count). The van der Waals surface area contributed by atoms with Crippen LogP contribution < -0.4 is 5.32 Å². The van der Waals surface area contributed by atoms with Crippen LogP contribution in [0.4, 0.5) is 8.78 Å². The lowest BCUT2D eigenvalue weighted by molar-refractivity contribution is -0.129. The molecule has 7 heteroatoms. The molecule has 2 aromatic rings. The number of nitrogens with one attached hydrogen (secondary N) is 1. The molecule has 166 valence electrons. The SMILES string of the molecule is CC(NC(=O)c1ccccc1SCC(=O)N(C)C1CCCCC1)c1ccc(F)c(F)c1. The van der Waals surface area contributed by atoms with Crippen LogP contribution in [0.5, 0.6) is 0 Å². The molecule has 0 aliphatic heterocycles. The molecule has 0 bridgehead atoms. The van der Waals surface area contributed by atoms with Crippen molar-refractivity contribution in [2.24, 2.45) is 0 Å². The third-order valence-electron chi connectivity index (χ3n) is 5.79. The Morgan fingerprint density at radius 3 is 2.52 bits per heavy atom. The van der Waals surface area contributed by atoms with Gasteiger partial charge in [-0.05, 0) is 49.6 Å². The maximum Gasteiger partial charge on any atom is 0.252 e. The summed E-state index contributed by atoms with van der Waals surface area (Å²) in [6, 6.07) is 10.5. The lowest BCUT2D eigenvalue weighted by Gasteiger charge is -2.31. The lowest BCUT2D eigenvalue weighted by atomic mass is 9.94. The van der Waals surface area contributed by atoms with Crippen LogP contribution in [0.3, 0.4) is 0 Å². The first kappa shape index (κ1) is 23.3. The highest BCUT2D eigenvalue weighted by molar-refractivity contribution is 8.00. The number of amides is 2. The van der Waals surface area contributed by atoms with Gasteiger partial charge in [0.05, 0.1) is 17.4 Å². The molecule has 0 aromatic heterocycles. The average Bonchev–Trinajstić information content (AvgIpc) is 2.79. The normalized spacial score (nSPS) is 15.4. The van der Waals surface area contributed by atoms with Gasteiger partial charge in [-0.15, -0.1) is 11.8 Å². The Morgan fingerprint density at radius 1 is 1.10 bits per heavy atom. The summed E-state index contributed by atoms with van der Waals surface area (Å²) in [6.07, 6.45) is 5.66. The minimum absolute atomic E-state index is 0.0577. The summed E-state index contributed by atoms with van der Waals surface area (Å²) >= 11 is 1.34. The number of halogens is 2. The van der Waals surface area contributed by atoms with Gasteiger partial charge in [0, 0.05) is 18.0 Å². The first-order valence-corrected chi connectivity index (χ1v) is 11.6. The van der Waals surface area contributed by atoms with Gasteiger partial charge in [0.2, 0.25) is 5.91 Å². The highest BCUT2D eigenvalue weighted by Gasteiger charge is 2.23. The molecule has 1 N–H and O–H groups in total. The van der Waals surface area contributed by atoms with Gasteiger partial charge in [-0.3, -0.25) is 9.59 Å². The molecule has 1 fully saturated rings.